The second-order valence-corrected chi connectivity index (χ2v) is 11.0. The molecule has 0 saturated heterocycles. The van der Waals surface area contributed by atoms with Crippen LogP contribution >= 0.6 is 0 Å². The number of Topliss-reactive ketones (excluding diaryl/α,β-unsaturated/α-hetero) is 1. The molecule has 0 fully saturated rings. The summed E-state index contributed by atoms with van der Waals surface area (Å²) in [6.07, 6.45) is 2.62. The van der Waals surface area contributed by atoms with Crippen LogP contribution in [0.25, 0.3) is 22.3 Å². The van der Waals surface area contributed by atoms with E-state index < -0.39 is 18.1 Å². The topological polar surface area (TPSA) is 141 Å². The maximum absolute atomic E-state index is 14.5. The van der Waals surface area contributed by atoms with Crippen LogP contribution in [0.1, 0.15) is 100 Å². The van der Waals surface area contributed by atoms with Crippen LogP contribution in [0.4, 0.5) is 4.39 Å². The average Bonchev–Trinajstić information content (AvgIpc) is 3.35. The zero-order valence-electron chi connectivity index (χ0n) is 25.9. The number of carbonyl (C=O) groups excluding carboxylic acids is 2. The third-order valence-corrected chi connectivity index (χ3v) is 7.98. The molecule has 2 aromatic heterocycles. The minimum Gasteiger partial charge on any atom is -0.381 e. The second kappa shape index (κ2) is 13.7. The zero-order chi connectivity index (χ0) is 31.5. The molecular weight excluding hydrogens is 535 g/mol. The van der Waals surface area contributed by atoms with Crippen molar-refractivity contribution in [1.82, 2.24) is 9.55 Å². The number of aryl methyl sites for hydroxylation is 2. The smallest absolute Gasteiger partial charge is 0.254 e. The van der Waals surface area contributed by atoms with Gasteiger partial charge in [0.05, 0.1) is 29.5 Å². The van der Waals surface area contributed by atoms with E-state index in [0.29, 0.717) is 58.9 Å². The number of rotatable bonds is 3. The lowest BCUT2D eigenvalue weighted by Crippen LogP contribution is -2.37. The summed E-state index contributed by atoms with van der Waals surface area (Å²) in [6.45, 7) is 14.3. The maximum atomic E-state index is 14.5. The monoisotopic (exact) mass is 580 g/mol. The van der Waals surface area contributed by atoms with Gasteiger partial charge in [0.15, 0.2) is 5.78 Å². The number of aliphatic hydroxyl groups is 1. The fourth-order valence-electron chi connectivity index (χ4n) is 6.00. The van der Waals surface area contributed by atoms with Crippen LogP contribution in [0.3, 0.4) is 0 Å². The van der Waals surface area contributed by atoms with E-state index in [2.05, 4.69) is 0 Å². The molecule has 1 aliphatic heterocycles. The van der Waals surface area contributed by atoms with Crippen LogP contribution in [-0.2, 0) is 35.4 Å². The van der Waals surface area contributed by atoms with Crippen LogP contribution in [0.2, 0.25) is 0 Å². The van der Waals surface area contributed by atoms with Crippen molar-refractivity contribution >= 4 is 22.6 Å². The van der Waals surface area contributed by atoms with Crippen LogP contribution in [-0.4, -0.2) is 32.4 Å². The molecule has 3 aromatic rings. The van der Waals surface area contributed by atoms with Gasteiger partial charge in [-0.15, -0.1) is 0 Å². The number of nitrogens with zero attached hydrogens (tertiary/aromatic N) is 2. The van der Waals surface area contributed by atoms with Crippen LogP contribution in [0.5, 0.6) is 0 Å². The van der Waals surface area contributed by atoms with E-state index in [-0.39, 0.29) is 23.6 Å². The Morgan fingerprint density at radius 2 is 1.69 bits per heavy atom. The lowest BCUT2D eigenvalue weighted by molar-refractivity contribution is -0.128. The number of fused-ring (bicyclic) bond motifs is 5. The van der Waals surface area contributed by atoms with Crippen molar-refractivity contribution in [1.29, 1.82) is 0 Å². The molecule has 0 radical (unpaired) electrons. The van der Waals surface area contributed by atoms with Crippen molar-refractivity contribution in [2.24, 2.45) is 17.4 Å². The van der Waals surface area contributed by atoms with Gasteiger partial charge in [-0.2, -0.15) is 0 Å². The summed E-state index contributed by atoms with van der Waals surface area (Å²) in [6, 6.07) is 2.76. The predicted molar refractivity (Wildman–Crippen MR) is 165 cm³/mol. The van der Waals surface area contributed by atoms with Gasteiger partial charge in [0.2, 0.25) is 5.91 Å². The van der Waals surface area contributed by atoms with Gasteiger partial charge in [0, 0.05) is 29.0 Å². The van der Waals surface area contributed by atoms with Gasteiger partial charge in [-0.3, -0.25) is 14.4 Å². The molecule has 1 amide bonds. The number of pyridine rings is 2. The number of carbonyl (C=O) groups is 2. The molecule has 1 aromatic carbocycles. The third-order valence-electron chi connectivity index (χ3n) is 7.98. The first-order chi connectivity index (χ1) is 20.0. The molecule has 42 heavy (non-hydrogen) atoms. The van der Waals surface area contributed by atoms with Gasteiger partial charge in [-0.1, -0.05) is 41.5 Å². The molecule has 2 unspecified atom stereocenters. The molecule has 0 bridgehead atoms. The lowest BCUT2D eigenvalue weighted by Gasteiger charge is -2.22. The molecular formula is C33H45FN4O4. The summed E-state index contributed by atoms with van der Waals surface area (Å²) in [7, 11) is 0. The molecule has 5 N–H and O–H groups in total. The van der Waals surface area contributed by atoms with Crippen molar-refractivity contribution in [3.05, 3.63) is 61.7 Å². The quantitative estimate of drug-likeness (QED) is 0.318. The number of ketones is 1. The van der Waals surface area contributed by atoms with Gasteiger partial charge < -0.3 is 21.1 Å². The van der Waals surface area contributed by atoms with Crippen molar-refractivity contribution in [2.45, 2.75) is 106 Å². The summed E-state index contributed by atoms with van der Waals surface area (Å²) < 4.78 is 16.2. The van der Waals surface area contributed by atoms with Crippen LogP contribution in [0, 0.1) is 18.7 Å². The number of aliphatic hydroxyl groups excluding tert-OH is 1. The minimum absolute atomic E-state index is 0.156. The van der Waals surface area contributed by atoms with Gasteiger partial charge in [0.1, 0.15) is 11.9 Å². The number of halogens is 1. The summed E-state index contributed by atoms with van der Waals surface area (Å²) in [4.78, 5) is 40.3. The summed E-state index contributed by atoms with van der Waals surface area (Å²) in [5, 5.41) is 11.4. The highest BCUT2D eigenvalue weighted by Crippen LogP contribution is 2.42. The molecule has 0 saturated carbocycles. The van der Waals surface area contributed by atoms with Gasteiger partial charge >= 0.3 is 0 Å². The summed E-state index contributed by atoms with van der Waals surface area (Å²) >= 11 is 0. The minimum atomic E-state index is -1.26. The van der Waals surface area contributed by atoms with Crippen LogP contribution < -0.4 is 17.0 Å². The molecule has 0 spiro atoms. The SMILES string of the molecule is CC.CC.CC(C)CC(N)C(N)=O.Cc1c(F)cc2nc3c(c4c2c1CCC4)Cn1c-3cc2c(c1=O)CCC(=O)C2O. The second-order valence-electron chi connectivity index (χ2n) is 11.0. The van der Waals surface area contributed by atoms with E-state index in [4.69, 9.17) is 16.5 Å². The molecule has 3 heterocycles. The van der Waals surface area contributed by atoms with E-state index >= 15 is 0 Å². The van der Waals surface area contributed by atoms with Crippen molar-refractivity contribution in [3.8, 4) is 11.4 Å². The first-order valence-electron chi connectivity index (χ1n) is 15.2. The Bertz CT molecular complexity index is 1560. The van der Waals surface area contributed by atoms with E-state index in [9.17, 15) is 23.9 Å². The van der Waals surface area contributed by atoms with E-state index in [1.54, 1.807) is 10.6 Å². The van der Waals surface area contributed by atoms with Crippen LogP contribution in [0.15, 0.2) is 16.9 Å². The molecule has 2 atom stereocenters. The molecule has 2 aliphatic carbocycles. The predicted octanol–water partition coefficient (Wildman–Crippen LogP) is 4.81. The number of hydrogen-bond acceptors (Lipinski definition) is 6. The maximum Gasteiger partial charge on any atom is 0.254 e. The normalized spacial score (nSPS) is 16.5. The molecule has 3 aliphatic rings. The number of hydrogen-bond donors (Lipinski definition) is 3. The molecule has 228 valence electrons. The standard InChI is InChI=1S/C23H19FN2O3.C6H14N2O.2C2H6/c1-10-11-3-2-4-12-15-9-26-18(21(15)25-17(20(11)12)8-16(10)24)7-14-13(23(26)29)5-6-19(27)22(14)28;1-4(2)3-5(7)6(8)9;2*1-2/h7-8,22,28H,2-6,9H2,1H3;4-5H,3,7H2,1-2H3,(H2,8,9);2*1-2H3. The van der Waals surface area contributed by atoms with E-state index in [1.165, 1.54) is 6.07 Å². The van der Waals surface area contributed by atoms with Gasteiger partial charge in [-0.25, -0.2) is 9.37 Å². The van der Waals surface area contributed by atoms with Crippen molar-refractivity contribution < 1.29 is 19.1 Å². The third kappa shape index (κ3) is 6.03. The largest absolute Gasteiger partial charge is 0.381 e. The van der Waals surface area contributed by atoms with E-state index in [1.807, 2.05) is 48.5 Å². The Morgan fingerprint density at radius 1 is 1.05 bits per heavy atom. The average molecular weight is 581 g/mol. The van der Waals surface area contributed by atoms with E-state index in [0.717, 1.165) is 41.3 Å². The number of benzene rings is 1. The Labute approximate surface area is 247 Å². The number of primary amides is 1. The van der Waals surface area contributed by atoms with Crippen molar-refractivity contribution in [2.75, 3.05) is 0 Å². The molecule has 6 rings (SSSR count). The Hall–Kier alpha value is -3.43. The summed E-state index contributed by atoms with van der Waals surface area (Å²) in [5.41, 5.74) is 16.8. The molecule has 8 nitrogen and oxygen atoms in total. The highest BCUT2D eigenvalue weighted by atomic mass is 19.1. The highest BCUT2D eigenvalue weighted by molar-refractivity contribution is 5.93. The first-order valence-corrected chi connectivity index (χ1v) is 15.2. The highest BCUT2D eigenvalue weighted by Gasteiger charge is 2.34. The Morgan fingerprint density at radius 3 is 2.29 bits per heavy atom. The van der Waals surface area contributed by atoms with Crippen molar-refractivity contribution in [3.63, 3.8) is 0 Å². The number of aromatic nitrogens is 2. The number of amides is 1. The number of nitrogens with two attached hydrogens (primary N) is 2. The lowest BCUT2D eigenvalue weighted by atomic mass is 9.84. The fraction of sp³-hybridized carbons (Fsp3) is 0.515. The van der Waals surface area contributed by atoms with Gasteiger partial charge in [-0.05, 0) is 73.3 Å². The zero-order valence-corrected chi connectivity index (χ0v) is 25.9. The van der Waals surface area contributed by atoms with Gasteiger partial charge in [0.25, 0.3) is 5.56 Å². The first kappa shape index (κ1) is 33.1. The molecule has 9 heteroatoms. The Balaban J connectivity index is 0.000000320. The summed E-state index contributed by atoms with van der Waals surface area (Å²) in [5.74, 6) is -0.491. The Kier molecular flexibility index (Phi) is 10.8. The fourth-order valence-corrected chi connectivity index (χ4v) is 6.00.